The van der Waals surface area contributed by atoms with E-state index in [1.165, 1.54) is 0 Å². The Balaban J connectivity index is 2.63. The molecule has 15 heavy (non-hydrogen) atoms. The van der Waals surface area contributed by atoms with Gasteiger partial charge in [0.15, 0.2) is 0 Å². The average Bonchev–Trinajstić information content (AvgIpc) is 2.30. The molecule has 0 aromatic rings. The predicted octanol–water partition coefficient (Wildman–Crippen LogP) is 0.518. The minimum atomic E-state index is 0.166. The molecule has 0 radical (unpaired) electrons. The van der Waals surface area contributed by atoms with E-state index in [4.69, 9.17) is 0 Å². The molecule has 0 spiro atoms. The van der Waals surface area contributed by atoms with E-state index < -0.39 is 0 Å². The maximum absolute atomic E-state index is 11.6. The van der Waals surface area contributed by atoms with Gasteiger partial charge in [-0.3, -0.25) is 14.5 Å². The fourth-order valence-electron chi connectivity index (χ4n) is 1.98. The standard InChI is InChI=1S/C11H20N2O2/c1-4-12-7-9(2)13(8-10(3)14)6-5-11(12)15/h9H,4-8H2,1-3H3. The maximum atomic E-state index is 11.6. The van der Waals surface area contributed by atoms with Crippen molar-refractivity contribution in [2.75, 3.05) is 26.2 Å². The Morgan fingerprint density at radius 3 is 2.73 bits per heavy atom. The zero-order chi connectivity index (χ0) is 11.4. The number of carbonyl (C=O) groups excluding carboxylic acids is 2. The van der Waals surface area contributed by atoms with Gasteiger partial charge in [0, 0.05) is 32.1 Å². The average molecular weight is 212 g/mol. The lowest BCUT2D eigenvalue weighted by molar-refractivity contribution is -0.130. The van der Waals surface area contributed by atoms with Crippen molar-refractivity contribution in [3.8, 4) is 0 Å². The summed E-state index contributed by atoms with van der Waals surface area (Å²) < 4.78 is 0. The van der Waals surface area contributed by atoms with Gasteiger partial charge in [-0.1, -0.05) is 0 Å². The molecule has 0 saturated carbocycles. The molecule has 1 fully saturated rings. The van der Waals surface area contributed by atoms with Gasteiger partial charge in [-0.2, -0.15) is 0 Å². The van der Waals surface area contributed by atoms with Gasteiger partial charge in [-0.05, 0) is 20.8 Å². The van der Waals surface area contributed by atoms with Crippen LogP contribution in [0.4, 0.5) is 0 Å². The minimum absolute atomic E-state index is 0.166. The third kappa shape index (κ3) is 3.30. The SMILES string of the molecule is CCN1CC(C)N(CC(C)=O)CCC1=O. The number of ketones is 1. The zero-order valence-electron chi connectivity index (χ0n) is 9.82. The van der Waals surface area contributed by atoms with E-state index >= 15 is 0 Å². The van der Waals surface area contributed by atoms with Crippen molar-refractivity contribution < 1.29 is 9.59 Å². The Kier molecular flexibility index (Phi) is 4.27. The van der Waals surface area contributed by atoms with Crippen molar-refractivity contribution >= 4 is 11.7 Å². The van der Waals surface area contributed by atoms with Gasteiger partial charge < -0.3 is 4.90 Å². The van der Waals surface area contributed by atoms with Crippen LogP contribution < -0.4 is 0 Å². The molecule has 1 unspecified atom stereocenters. The van der Waals surface area contributed by atoms with E-state index in [2.05, 4.69) is 11.8 Å². The number of amides is 1. The summed E-state index contributed by atoms with van der Waals surface area (Å²) in [6.07, 6.45) is 0.533. The second kappa shape index (κ2) is 5.26. The van der Waals surface area contributed by atoms with Gasteiger partial charge >= 0.3 is 0 Å². The number of rotatable bonds is 3. The van der Waals surface area contributed by atoms with Gasteiger partial charge in [0.1, 0.15) is 5.78 Å². The summed E-state index contributed by atoms with van der Waals surface area (Å²) in [4.78, 5) is 26.7. The molecule has 0 bridgehead atoms. The second-order valence-corrected chi connectivity index (χ2v) is 4.20. The van der Waals surface area contributed by atoms with E-state index in [9.17, 15) is 9.59 Å². The Bertz CT molecular complexity index is 253. The Hall–Kier alpha value is -0.900. The lowest BCUT2D eigenvalue weighted by Crippen LogP contribution is -2.41. The fourth-order valence-corrected chi connectivity index (χ4v) is 1.98. The van der Waals surface area contributed by atoms with Gasteiger partial charge in [0.05, 0.1) is 6.54 Å². The maximum Gasteiger partial charge on any atom is 0.223 e. The van der Waals surface area contributed by atoms with E-state index in [0.717, 1.165) is 13.1 Å². The molecule has 86 valence electrons. The van der Waals surface area contributed by atoms with Crippen LogP contribution in [0.15, 0.2) is 0 Å². The first-order valence-corrected chi connectivity index (χ1v) is 5.55. The molecule has 1 amide bonds. The van der Waals surface area contributed by atoms with Crippen LogP contribution in [-0.2, 0) is 9.59 Å². The van der Waals surface area contributed by atoms with Gasteiger partial charge in [0.2, 0.25) is 5.91 Å². The van der Waals surface area contributed by atoms with E-state index in [1.807, 2.05) is 11.8 Å². The van der Waals surface area contributed by atoms with Crippen molar-refractivity contribution in [1.82, 2.24) is 9.80 Å². The first-order chi connectivity index (χ1) is 7.04. The molecule has 1 heterocycles. The molecule has 0 aromatic carbocycles. The summed E-state index contributed by atoms with van der Waals surface area (Å²) >= 11 is 0. The van der Waals surface area contributed by atoms with Gasteiger partial charge in [0.25, 0.3) is 0 Å². The summed E-state index contributed by atoms with van der Waals surface area (Å²) in [6.45, 7) is 8.33. The first kappa shape index (κ1) is 12.2. The summed E-state index contributed by atoms with van der Waals surface area (Å²) in [7, 11) is 0. The number of nitrogens with zero attached hydrogens (tertiary/aromatic N) is 2. The molecular formula is C11H20N2O2. The van der Waals surface area contributed by atoms with Crippen molar-refractivity contribution in [1.29, 1.82) is 0 Å². The fraction of sp³-hybridized carbons (Fsp3) is 0.818. The number of hydrogen-bond donors (Lipinski definition) is 0. The highest BCUT2D eigenvalue weighted by molar-refractivity contribution is 5.78. The van der Waals surface area contributed by atoms with Crippen LogP contribution in [0.3, 0.4) is 0 Å². The van der Waals surface area contributed by atoms with Crippen LogP contribution in [-0.4, -0.2) is 53.7 Å². The summed E-state index contributed by atoms with van der Waals surface area (Å²) in [5.74, 6) is 0.370. The van der Waals surface area contributed by atoms with Gasteiger partial charge in [-0.15, -0.1) is 0 Å². The largest absolute Gasteiger partial charge is 0.341 e. The summed E-state index contributed by atoms with van der Waals surface area (Å²) in [5.41, 5.74) is 0. The zero-order valence-corrected chi connectivity index (χ0v) is 9.82. The van der Waals surface area contributed by atoms with Crippen LogP contribution in [0.2, 0.25) is 0 Å². The molecule has 1 rings (SSSR count). The number of hydrogen-bond acceptors (Lipinski definition) is 3. The van der Waals surface area contributed by atoms with E-state index in [0.29, 0.717) is 19.5 Å². The number of Topliss-reactive ketones (excluding diaryl/α,β-unsaturated/α-hetero) is 1. The predicted molar refractivity (Wildman–Crippen MR) is 58.6 cm³/mol. The highest BCUT2D eigenvalue weighted by Gasteiger charge is 2.25. The Labute approximate surface area is 91.2 Å². The molecule has 0 aromatic heterocycles. The number of likely N-dealkylation sites (N-methyl/N-ethyl adjacent to an activating group) is 1. The molecule has 1 saturated heterocycles. The highest BCUT2D eigenvalue weighted by atomic mass is 16.2. The highest BCUT2D eigenvalue weighted by Crippen LogP contribution is 2.10. The normalized spacial score (nSPS) is 24.1. The molecule has 4 nitrogen and oxygen atoms in total. The Morgan fingerprint density at radius 1 is 1.53 bits per heavy atom. The van der Waals surface area contributed by atoms with Crippen LogP contribution >= 0.6 is 0 Å². The lowest BCUT2D eigenvalue weighted by atomic mass is 10.2. The first-order valence-electron chi connectivity index (χ1n) is 5.55. The van der Waals surface area contributed by atoms with Crippen LogP contribution in [0.25, 0.3) is 0 Å². The molecule has 4 heteroatoms. The van der Waals surface area contributed by atoms with Crippen LogP contribution in [0.5, 0.6) is 0 Å². The van der Waals surface area contributed by atoms with Crippen molar-refractivity contribution in [2.45, 2.75) is 33.2 Å². The summed E-state index contributed by atoms with van der Waals surface area (Å²) in [6, 6.07) is 0.278. The summed E-state index contributed by atoms with van der Waals surface area (Å²) in [5, 5.41) is 0. The number of carbonyl (C=O) groups is 2. The third-order valence-corrected chi connectivity index (χ3v) is 2.88. The molecule has 0 aliphatic carbocycles. The molecule has 1 aliphatic heterocycles. The van der Waals surface area contributed by atoms with Crippen molar-refractivity contribution in [3.05, 3.63) is 0 Å². The van der Waals surface area contributed by atoms with Crippen LogP contribution in [0, 0.1) is 0 Å². The van der Waals surface area contributed by atoms with E-state index in [1.54, 1.807) is 6.92 Å². The monoisotopic (exact) mass is 212 g/mol. The van der Waals surface area contributed by atoms with Crippen LogP contribution in [0.1, 0.15) is 27.2 Å². The molecule has 0 N–H and O–H groups in total. The van der Waals surface area contributed by atoms with Crippen molar-refractivity contribution in [2.24, 2.45) is 0 Å². The smallest absolute Gasteiger partial charge is 0.223 e. The molecule has 1 aliphatic rings. The Morgan fingerprint density at radius 2 is 2.20 bits per heavy atom. The molecular weight excluding hydrogens is 192 g/mol. The minimum Gasteiger partial charge on any atom is -0.341 e. The van der Waals surface area contributed by atoms with E-state index in [-0.39, 0.29) is 17.7 Å². The quantitative estimate of drug-likeness (QED) is 0.684. The topological polar surface area (TPSA) is 40.6 Å². The van der Waals surface area contributed by atoms with Gasteiger partial charge in [-0.25, -0.2) is 0 Å². The molecule has 1 atom stereocenters. The second-order valence-electron chi connectivity index (χ2n) is 4.20. The van der Waals surface area contributed by atoms with Crippen molar-refractivity contribution in [3.63, 3.8) is 0 Å². The lowest BCUT2D eigenvalue weighted by Gasteiger charge is -2.27. The third-order valence-electron chi connectivity index (χ3n) is 2.88.